The molecule has 1 aliphatic rings. The number of rotatable bonds is 8. The first-order valence-corrected chi connectivity index (χ1v) is 7.42. The number of hydrogen-bond acceptors (Lipinski definition) is 4. The number of benzene rings is 1. The molecule has 1 heterocycles. The topological polar surface area (TPSA) is 48.0 Å². The highest BCUT2D eigenvalue weighted by Crippen LogP contribution is 2.40. The molecule has 23 heavy (non-hydrogen) atoms. The summed E-state index contributed by atoms with van der Waals surface area (Å²) in [4.78, 5) is 14.3. The fourth-order valence-electron chi connectivity index (χ4n) is 3.12. The van der Waals surface area contributed by atoms with Gasteiger partial charge in [-0.3, -0.25) is 4.79 Å². The van der Waals surface area contributed by atoms with Gasteiger partial charge in [0, 0.05) is 33.3 Å². The Morgan fingerprint density at radius 3 is 2.39 bits per heavy atom. The third-order valence-corrected chi connectivity index (χ3v) is 4.11. The number of methoxy groups -OCH3 is 3. The summed E-state index contributed by atoms with van der Waals surface area (Å²) in [6, 6.07) is 9.79. The van der Waals surface area contributed by atoms with E-state index in [4.69, 9.17) is 14.2 Å². The van der Waals surface area contributed by atoms with E-state index in [0.29, 0.717) is 18.7 Å². The first kappa shape index (κ1) is 17.2. The average molecular weight is 317 g/mol. The van der Waals surface area contributed by atoms with Crippen molar-refractivity contribution in [1.82, 2.24) is 4.90 Å². The summed E-state index contributed by atoms with van der Waals surface area (Å²) in [5.41, 5.74) is 0.151. The SMILES string of the molecule is C=CCC1(C(OC)OC)C(OC)=CC(=O)N1Cc1ccccc1. The molecule has 124 valence electrons. The smallest absolute Gasteiger partial charge is 0.251 e. The lowest BCUT2D eigenvalue weighted by Gasteiger charge is -2.43. The van der Waals surface area contributed by atoms with Crippen molar-refractivity contribution in [3.8, 4) is 0 Å². The van der Waals surface area contributed by atoms with Crippen LogP contribution < -0.4 is 0 Å². The molecule has 0 spiro atoms. The second-order valence-electron chi connectivity index (χ2n) is 5.34. The van der Waals surface area contributed by atoms with Crippen molar-refractivity contribution in [1.29, 1.82) is 0 Å². The second kappa shape index (κ2) is 7.44. The van der Waals surface area contributed by atoms with Gasteiger partial charge in [-0.15, -0.1) is 6.58 Å². The number of ether oxygens (including phenoxy) is 3. The molecule has 1 aromatic carbocycles. The maximum absolute atomic E-state index is 12.6. The Balaban J connectivity index is 2.48. The predicted molar refractivity (Wildman–Crippen MR) is 87.4 cm³/mol. The molecule has 1 amide bonds. The molecule has 0 radical (unpaired) electrons. The molecule has 1 unspecified atom stereocenters. The van der Waals surface area contributed by atoms with Crippen molar-refractivity contribution >= 4 is 5.91 Å². The molecule has 0 saturated carbocycles. The van der Waals surface area contributed by atoms with Crippen LogP contribution in [0.25, 0.3) is 0 Å². The minimum Gasteiger partial charge on any atom is -0.498 e. The molecule has 0 saturated heterocycles. The Hall–Kier alpha value is -2.11. The first-order chi connectivity index (χ1) is 11.1. The highest BCUT2D eigenvalue weighted by Gasteiger charge is 2.54. The minimum atomic E-state index is -0.868. The molecule has 2 rings (SSSR count). The number of carbonyl (C=O) groups is 1. The molecule has 0 aromatic heterocycles. The zero-order valence-corrected chi connectivity index (χ0v) is 13.8. The van der Waals surface area contributed by atoms with Crippen LogP contribution in [0.3, 0.4) is 0 Å². The van der Waals surface area contributed by atoms with Crippen LogP contribution in [0.15, 0.2) is 54.8 Å². The van der Waals surface area contributed by atoms with Crippen LogP contribution in [-0.2, 0) is 25.5 Å². The molecule has 0 fully saturated rings. The van der Waals surface area contributed by atoms with E-state index in [0.717, 1.165) is 5.56 Å². The zero-order valence-electron chi connectivity index (χ0n) is 13.8. The molecule has 0 aliphatic carbocycles. The summed E-state index contributed by atoms with van der Waals surface area (Å²) >= 11 is 0. The van der Waals surface area contributed by atoms with E-state index in [-0.39, 0.29) is 5.91 Å². The quantitative estimate of drug-likeness (QED) is 0.546. The molecule has 1 aliphatic heterocycles. The molecular formula is C18H23NO4. The van der Waals surface area contributed by atoms with Crippen LogP contribution in [0.1, 0.15) is 12.0 Å². The van der Waals surface area contributed by atoms with Crippen molar-refractivity contribution in [2.24, 2.45) is 0 Å². The van der Waals surface area contributed by atoms with Crippen LogP contribution in [0.5, 0.6) is 0 Å². The van der Waals surface area contributed by atoms with Crippen LogP contribution in [0.2, 0.25) is 0 Å². The fourth-order valence-corrected chi connectivity index (χ4v) is 3.12. The fraction of sp³-hybridized carbons (Fsp3) is 0.389. The highest BCUT2D eigenvalue weighted by molar-refractivity contribution is 5.92. The maximum Gasteiger partial charge on any atom is 0.251 e. The van der Waals surface area contributed by atoms with Gasteiger partial charge in [-0.05, 0) is 5.56 Å². The Morgan fingerprint density at radius 1 is 1.22 bits per heavy atom. The Kier molecular flexibility index (Phi) is 5.58. The third-order valence-electron chi connectivity index (χ3n) is 4.11. The number of hydrogen-bond donors (Lipinski definition) is 0. The monoisotopic (exact) mass is 317 g/mol. The molecule has 0 bridgehead atoms. The van der Waals surface area contributed by atoms with Gasteiger partial charge in [-0.2, -0.15) is 0 Å². The van der Waals surface area contributed by atoms with Gasteiger partial charge < -0.3 is 19.1 Å². The van der Waals surface area contributed by atoms with Crippen LogP contribution in [0.4, 0.5) is 0 Å². The number of nitrogens with zero attached hydrogens (tertiary/aromatic N) is 1. The maximum atomic E-state index is 12.6. The highest BCUT2D eigenvalue weighted by atomic mass is 16.7. The summed E-state index contributed by atoms with van der Waals surface area (Å²) < 4.78 is 16.5. The summed E-state index contributed by atoms with van der Waals surface area (Å²) in [7, 11) is 4.65. The van der Waals surface area contributed by atoms with Crippen LogP contribution >= 0.6 is 0 Å². The molecule has 5 heteroatoms. The van der Waals surface area contributed by atoms with Gasteiger partial charge in [0.05, 0.1) is 7.11 Å². The summed E-state index contributed by atoms with van der Waals surface area (Å²) in [6.07, 6.45) is 3.03. The average Bonchev–Trinajstić information content (AvgIpc) is 2.83. The van der Waals surface area contributed by atoms with Gasteiger partial charge in [-0.25, -0.2) is 0 Å². The van der Waals surface area contributed by atoms with Crippen LogP contribution in [-0.4, -0.2) is 44.0 Å². The normalized spacial score (nSPS) is 20.8. The molecule has 0 N–H and O–H groups in total. The van der Waals surface area contributed by atoms with Gasteiger partial charge in [0.15, 0.2) is 11.8 Å². The van der Waals surface area contributed by atoms with E-state index in [9.17, 15) is 4.79 Å². The van der Waals surface area contributed by atoms with Crippen LogP contribution in [0, 0.1) is 0 Å². The Bertz CT molecular complexity index is 580. The van der Waals surface area contributed by atoms with Crippen molar-refractivity contribution < 1.29 is 19.0 Å². The molecule has 5 nitrogen and oxygen atoms in total. The summed E-state index contributed by atoms with van der Waals surface area (Å²) in [5.74, 6) is 0.388. The Labute approximate surface area is 137 Å². The van der Waals surface area contributed by atoms with Crippen molar-refractivity contribution in [3.05, 3.63) is 60.4 Å². The van der Waals surface area contributed by atoms with Gasteiger partial charge in [-0.1, -0.05) is 36.4 Å². The lowest BCUT2D eigenvalue weighted by atomic mass is 9.91. The summed E-state index contributed by atoms with van der Waals surface area (Å²) in [6.45, 7) is 4.25. The van der Waals surface area contributed by atoms with Gasteiger partial charge in [0.2, 0.25) is 0 Å². The van der Waals surface area contributed by atoms with Gasteiger partial charge in [0.1, 0.15) is 5.76 Å². The largest absolute Gasteiger partial charge is 0.498 e. The number of amides is 1. The van der Waals surface area contributed by atoms with E-state index < -0.39 is 11.8 Å². The van der Waals surface area contributed by atoms with Crippen molar-refractivity contribution in [3.63, 3.8) is 0 Å². The molecule has 1 atom stereocenters. The molecular weight excluding hydrogens is 294 g/mol. The zero-order chi connectivity index (χ0) is 16.9. The lowest BCUT2D eigenvalue weighted by Crippen LogP contribution is -2.57. The van der Waals surface area contributed by atoms with E-state index in [1.54, 1.807) is 32.3 Å². The standard InChI is InChI=1S/C18H23NO4/c1-5-11-18(17(22-3)23-4)15(21-2)12-16(20)19(18)13-14-9-7-6-8-10-14/h5-10,12,17H,1,11,13H2,2-4H3. The lowest BCUT2D eigenvalue weighted by molar-refractivity contribution is -0.186. The Morgan fingerprint density at radius 2 is 1.87 bits per heavy atom. The van der Waals surface area contributed by atoms with Crippen molar-refractivity contribution in [2.75, 3.05) is 21.3 Å². The van der Waals surface area contributed by atoms with E-state index in [1.165, 1.54) is 6.08 Å². The van der Waals surface area contributed by atoms with Gasteiger partial charge in [0.25, 0.3) is 5.91 Å². The van der Waals surface area contributed by atoms with Gasteiger partial charge >= 0.3 is 0 Å². The first-order valence-electron chi connectivity index (χ1n) is 7.42. The molecule has 1 aromatic rings. The second-order valence-corrected chi connectivity index (χ2v) is 5.34. The van der Waals surface area contributed by atoms with E-state index >= 15 is 0 Å². The van der Waals surface area contributed by atoms with E-state index in [1.807, 2.05) is 30.3 Å². The van der Waals surface area contributed by atoms with E-state index in [2.05, 4.69) is 6.58 Å². The number of carbonyl (C=O) groups excluding carboxylic acids is 1. The minimum absolute atomic E-state index is 0.133. The third kappa shape index (κ3) is 3.02. The van der Waals surface area contributed by atoms with Crippen molar-refractivity contribution in [2.45, 2.75) is 24.8 Å². The summed E-state index contributed by atoms with van der Waals surface area (Å²) in [5, 5.41) is 0. The predicted octanol–water partition coefficient (Wildman–Crippen LogP) is 2.49.